The van der Waals surface area contributed by atoms with Gasteiger partial charge in [0.2, 0.25) is 0 Å². The summed E-state index contributed by atoms with van der Waals surface area (Å²) in [5, 5.41) is 2.96. The van der Waals surface area contributed by atoms with Gasteiger partial charge in [0.05, 0.1) is 24.8 Å². The summed E-state index contributed by atoms with van der Waals surface area (Å²) in [6.07, 6.45) is 5.55. The molecule has 1 N–H and O–H groups in total. The van der Waals surface area contributed by atoms with Crippen LogP contribution in [-0.4, -0.2) is 45.2 Å². The third-order valence-corrected chi connectivity index (χ3v) is 5.11. The van der Waals surface area contributed by atoms with E-state index < -0.39 is 0 Å². The van der Waals surface area contributed by atoms with Crippen LogP contribution in [0.15, 0.2) is 55.0 Å². The van der Waals surface area contributed by atoms with Crippen LogP contribution in [0.4, 0.5) is 10.5 Å². The molecule has 3 heterocycles. The van der Waals surface area contributed by atoms with Crippen LogP contribution in [0.3, 0.4) is 0 Å². The lowest BCUT2D eigenvalue weighted by Gasteiger charge is -2.39. The summed E-state index contributed by atoms with van der Waals surface area (Å²) in [5.74, 6) is 1.93. The summed E-state index contributed by atoms with van der Waals surface area (Å²) in [5.41, 5.74) is 2.94. The number of para-hydroxylation sites is 2. The van der Waals surface area contributed by atoms with Crippen molar-refractivity contribution in [2.24, 2.45) is 0 Å². The van der Waals surface area contributed by atoms with Crippen molar-refractivity contribution in [1.29, 1.82) is 0 Å². The van der Waals surface area contributed by atoms with Crippen molar-refractivity contribution in [3.05, 3.63) is 72.1 Å². The Morgan fingerprint density at radius 1 is 1.21 bits per heavy atom. The SMILES string of the molecule is CCOc1ccccc1NC(=O)N1CC(c2ncc(C)n2Cc2cccnc2)C1. The zero-order valence-electron chi connectivity index (χ0n) is 16.7. The minimum Gasteiger partial charge on any atom is -0.492 e. The second-order valence-electron chi connectivity index (χ2n) is 7.17. The minimum absolute atomic E-state index is 0.115. The Labute approximate surface area is 170 Å². The molecule has 7 heteroatoms. The van der Waals surface area contributed by atoms with E-state index in [1.165, 1.54) is 0 Å². The molecule has 0 radical (unpaired) electrons. The van der Waals surface area contributed by atoms with Gasteiger partial charge in [-0.3, -0.25) is 4.98 Å². The summed E-state index contributed by atoms with van der Waals surface area (Å²) in [4.78, 5) is 23.2. The number of ether oxygens (including phenoxy) is 1. The maximum Gasteiger partial charge on any atom is 0.321 e. The lowest BCUT2D eigenvalue weighted by Crippen LogP contribution is -2.51. The van der Waals surface area contributed by atoms with E-state index in [9.17, 15) is 4.79 Å². The number of urea groups is 1. The van der Waals surface area contributed by atoms with Crippen molar-refractivity contribution < 1.29 is 9.53 Å². The summed E-state index contributed by atoms with van der Waals surface area (Å²) < 4.78 is 7.79. The number of rotatable bonds is 6. The molecule has 0 bridgehead atoms. The number of hydrogen-bond donors (Lipinski definition) is 1. The van der Waals surface area contributed by atoms with E-state index in [0.717, 1.165) is 23.6 Å². The predicted molar refractivity (Wildman–Crippen MR) is 111 cm³/mol. The molecule has 1 saturated heterocycles. The van der Waals surface area contributed by atoms with Gasteiger partial charge in [0.15, 0.2) is 0 Å². The summed E-state index contributed by atoms with van der Waals surface area (Å²) >= 11 is 0. The van der Waals surface area contributed by atoms with Crippen LogP contribution < -0.4 is 10.1 Å². The van der Waals surface area contributed by atoms with Crippen molar-refractivity contribution in [2.75, 3.05) is 25.0 Å². The molecule has 2 aromatic heterocycles. The quantitative estimate of drug-likeness (QED) is 0.696. The second-order valence-corrected chi connectivity index (χ2v) is 7.17. The van der Waals surface area contributed by atoms with Crippen LogP contribution in [-0.2, 0) is 6.54 Å². The van der Waals surface area contributed by atoms with Gasteiger partial charge in [-0.2, -0.15) is 0 Å². The Morgan fingerprint density at radius 3 is 2.79 bits per heavy atom. The molecule has 150 valence electrons. The third-order valence-electron chi connectivity index (χ3n) is 5.11. The average molecular weight is 391 g/mol. The highest BCUT2D eigenvalue weighted by Gasteiger charge is 2.35. The number of benzene rings is 1. The average Bonchev–Trinajstić information content (AvgIpc) is 3.04. The molecule has 0 unspecified atom stereocenters. The molecule has 0 atom stereocenters. The van der Waals surface area contributed by atoms with Gasteiger partial charge in [0, 0.05) is 37.4 Å². The fourth-order valence-corrected chi connectivity index (χ4v) is 3.54. The number of imidazole rings is 1. The monoisotopic (exact) mass is 391 g/mol. The van der Waals surface area contributed by atoms with Gasteiger partial charge in [-0.25, -0.2) is 9.78 Å². The number of nitrogens with zero attached hydrogens (tertiary/aromatic N) is 4. The number of amides is 2. The molecule has 3 aromatic rings. The van der Waals surface area contributed by atoms with Crippen molar-refractivity contribution in [3.8, 4) is 5.75 Å². The van der Waals surface area contributed by atoms with Gasteiger partial charge in [0.1, 0.15) is 11.6 Å². The first-order valence-corrected chi connectivity index (χ1v) is 9.84. The number of pyridine rings is 1. The number of hydrogen-bond acceptors (Lipinski definition) is 4. The highest BCUT2D eigenvalue weighted by molar-refractivity contribution is 5.91. The number of nitrogens with one attached hydrogen (secondary N) is 1. The smallest absolute Gasteiger partial charge is 0.321 e. The highest BCUT2D eigenvalue weighted by Crippen LogP contribution is 2.29. The normalized spacial score (nSPS) is 13.8. The molecule has 7 nitrogen and oxygen atoms in total. The maximum absolute atomic E-state index is 12.6. The van der Waals surface area contributed by atoms with E-state index in [4.69, 9.17) is 4.74 Å². The molecule has 1 aliphatic heterocycles. The van der Waals surface area contributed by atoms with Gasteiger partial charge < -0.3 is 19.5 Å². The van der Waals surface area contributed by atoms with Gasteiger partial charge in [-0.1, -0.05) is 18.2 Å². The molecule has 0 spiro atoms. The van der Waals surface area contributed by atoms with Crippen molar-refractivity contribution in [1.82, 2.24) is 19.4 Å². The molecule has 2 amide bonds. The van der Waals surface area contributed by atoms with Gasteiger partial charge in [-0.05, 0) is 37.6 Å². The molecular formula is C22H25N5O2. The van der Waals surface area contributed by atoms with E-state index in [-0.39, 0.29) is 11.9 Å². The van der Waals surface area contributed by atoms with Crippen LogP contribution >= 0.6 is 0 Å². The maximum atomic E-state index is 12.6. The Hall–Kier alpha value is -3.35. The van der Waals surface area contributed by atoms with Gasteiger partial charge in [-0.15, -0.1) is 0 Å². The summed E-state index contributed by atoms with van der Waals surface area (Å²) in [6, 6.07) is 11.4. The van der Waals surface area contributed by atoms with Crippen LogP contribution in [0.25, 0.3) is 0 Å². The Balaban J connectivity index is 1.40. The van der Waals surface area contributed by atoms with Crippen LogP contribution in [0.5, 0.6) is 5.75 Å². The molecule has 0 aliphatic carbocycles. The standard InChI is InChI=1S/C22H25N5O2/c1-3-29-20-9-5-4-8-19(20)25-22(28)26-14-18(15-26)21-24-11-16(2)27(21)13-17-7-6-10-23-12-17/h4-12,18H,3,13-15H2,1-2H3,(H,25,28). The van der Waals surface area contributed by atoms with E-state index in [1.807, 2.05) is 49.6 Å². The topological polar surface area (TPSA) is 72.3 Å². The fourth-order valence-electron chi connectivity index (χ4n) is 3.54. The molecule has 4 rings (SSSR count). The molecule has 0 saturated carbocycles. The van der Waals surface area contributed by atoms with Crippen molar-refractivity contribution >= 4 is 11.7 Å². The number of carbonyl (C=O) groups is 1. The largest absolute Gasteiger partial charge is 0.492 e. The molecular weight excluding hydrogens is 366 g/mol. The van der Waals surface area contributed by atoms with Gasteiger partial charge in [0.25, 0.3) is 0 Å². The van der Waals surface area contributed by atoms with E-state index >= 15 is 0 Å². The number of aromatic nitrogens is 3. The Bertz CT molecular complexity index is 980. The van der Waals surface area contributed by atoms with Crippen molar-refractivity contribution in [2.45, 2.75) is 26.3 Å². The van der Waals surface area contributed by atoms with Crippen LogP contribution in [0.2, 0.25) is 0 Å². The summed E-state index contributed by atoms with van der Waals surface area (Å²) in [6.45, 7) is 6.56. The van der Waals surface area contributed by atoms with E-state index in [1.54, 1.807) is 11.1 Å². The third kappa shape index (κ3) is 4.08. The second kappa shape index (κ2) is 8.34. The molecule has 1 fully saturated rings. The Kier molecular flexibility index (Phi) is 5.46. The Morgan fingerprint density at radius 2 is 2.03 bits per heavy atom. The lowest BCUT2D eigenvalue weighted by molar-refractivity contribution is 0.159. The van der Waals surface area contributed by atoms with Crippen molar-refractivity contribution in [3.63, 3.8) is 0 Å². The predicted octanol–water partition coefficient (Wildman–Crippen LogP) is 3.66. The van der Waals surface area contributed by atoms with E-state index in [0.29, 0.717) is 31.1 Å². The molecule has 29 heavy (non-hydrogen) atoms. The first-order chi connectivity index (χ1) is 14.2. The zero-order valence-corrected chi connectivity index (χ0v) is 16.7. The highest BCUT2D eigenvalue weighted by atomic mass is 16.5. The lowest BCUT2D eigenvalue weighted by atomic mass is 9.99. The van der Waals surface area contributed by atoms with E-state index in [2.05, 4.69) is 32.8 Å². The number of carbonyl (C=O) groups excluding carboxylic acids is 1. The first-order valence-electron chi connectivity index (χ1n) is 9.84. The van der Waals surface area contributed by atoms with Crippen LogP contribution in [0, 0.1) is 6.92 Å². The number of aryl methyl sites for hydroxylation is 1. The number of likely N-dealkylation sites (tertiary alicyclic amines) is 1. The molecule has 1 aliphatic rings. The minimum atomic E-state index is -0.115. The summed E-state index contributed by atoms with van der Waals surface area (Å²) in [7, 11) is 0. The molecule has 1 aromatic carbocycles. The first kappa shape index (κ1) is 19.0. The number of anilines is 1. The van der Waals surface area contributed by atoms with Gasteiger partial charge >= 0.3 is 6.03 Å². The van der Waals surface area contributed by atoms with Crippen LogP contribution in [0.1, 0.15) is 29.9 Å². The zero-order chi connectivity index (χ0) is 20.2. The fraction of sp³-hybridized carbons (Fsp3) is 0.318.